The molecule has 0 saturated heterocycles. The van der Waals surface area contributed by atoms with Crippen molar-refractivity contribution in [3.05, 3.63) is 91.2 Å². The molecule has 0 aliphatic carbocycles. The van der Waals surface area contributed by atoms with Crippen LogP contribution in [0.5, 0.6) is 0 Å². The van der Waals surface area contributed by atoms with Gasteiger partial charge in [-0.15, -0.1) is 0 Å². The molecule has 0 aliphatic heterocycles. The Labute approximate surface area is 179 Å². The third-order valence-corrected chi connectivity index (χ3v) is 4.37. The van der Waals surface area contributed by atoms with Crippen molar-refractivity contribution < 1.29 is 19.1 Å². The van der Waals surface area contributed by atoms with Gasteiger partial charge in [0.2, 0.25) is 0 Å². The molecule has 3 rings (SSSR count). The van der Waals surface area contributed by atoms with Gasteiger partial charge in [-0.2, -0.15) is 5.26 Å². The van der Waals surface area contributed by atoms with Gasteiger partial charge in [-0.25, -0.2) is 0 Å². The minimum Gasteiger partial charge on any atom is -0.457 e. The van der Waals surface area contributed by atoms with E-state index >= 15 is 0 Å². The van der Waals surface area contributed by atoms with Crippen LogP contribution in [0.2, 0.25) is 5.02 Å². The summed E-state index contributed by atoms with van der Waals surface area (Å²) in [5.74, 6) is -0.454. The Hall–Kier alpha value is -4.49. The van der Waals surface area contributed by atoms with E-state index in [4.69, 9.17) is 16.0 Å². The average molecular weight is 439 g/mol. The topological polar surface area (TPSA) is 152 Å². The number of carbonyl (C=O) groups is 1. The van der Waals surface area contributed by atoms with Crippen molar-refractivity contribution >= 4 is 40.6 Å². The molecule has 0 fully saturated rings. The highest BCUT2D eigenvalue weighted by atomic mass is 35.5. The van der Waals surface area contributed by atoms with Gasteiger partial charge in [0.05, 0.1) is 14.9 Å². The zero-order chi connectivity index (χ0) is 22.5. The zero-order valence-electron chi connectivity index (χ0n) is 15.4. The Morgan fingerprint density at radius 2 is 1.84 bits per heavy atom. The van der Waals surface area contributed by atoms with Crippen molar-refractivity contribution in [1.82, 2.24) is 0 Å². The number of rotatable bonds is 6. The molecule has 2 aromatic carbocycles. The molecule has 0 atom stereocenters. The lowest BCUT2D eigenvalue weighted by Gasteiger charge is -2.04. The van der Waals surface area contributed by atoms with E-state index in [0.717, 1.165) is 6.08 Å². The minimum absolute atomic E-state index is 0.0588. The van der Waals surface area contributed by atoms with Crippen LogP contribution >= 0.6 is 11.6 Å². The molecule has 0 aliphatic rings. The predicted octanol–water partition coefficient (Wildman–Crippen LogP) is 4.96. The van der Waals surface area contributed by atoms with Crippen LogP contribution in [0.1, 0.15) is 5.76 Å². The maximum Gasteiger partial charge on any atom is 0.292 e. The second-order valence-corrected chi connectivity index (χ2v) is 6.43. The number of furan rings is 1. The number of non-ortho nitro benzene ring substituents is 1. The average Bonchev–Trinajstić information content (AvgIpc) is 3.20. The lowest BCUT2D eigenvalue weighted by Crippen LogP contribution is -2.14. The van der Waals surface area contributed by atoms with Crippen molar-refractivity contribution in [2.24, 2.45) is 0 Å². The quantitative estimate of drug-likeness (QED) is 0.247. The number of halogens is 1. The number of nitriles is 1. The summed E-state index contributed by atoms with van der Waals surface area (Å²) in [4.78, 5) is 33.1. The van der Waals surface area contributed by atoms with E-state index < -0.39 is 15.8 Å². The molecule has 0 bridgehead atoms. The number of nitro groups is 2. The van der Waals surface area contributed by atoms with Crippen molar-refractivity contribution in [3.8, 4) is 17.4 Å². The molecular formula is C20H11ClN4O6. The summed E-state index contributed by atoms with van der Waals surface area (Å²) in [5.41, 5.74) is -0.528. The van der Waals surface area contributed by atoms with E-state index in [0.29, 0.717) is 5.56 Å². The van der Waals surface area contributed by atoms with Gasteiger partial charge in [0, 0.05) is 29.8 Å². The molecule has 1 heterocycles. The van der Waals surface area contributed by atoms with E-state index in [1.807, 2.05) is 0 Å². The number of nitrogens with zero attached hydrogens (tertiary/aromatic N) is 3. The number of hydrogen-bond donors (Lipinski definition) is 1. The number of benzene rings is 2. The van der Waals surface area contributed by atoms with Gasteiger partial charge in [-0.3, -0.25) is 25.0 Å². The van der Waals surface area contributed by atoms with Crippen LogP contribution in [-0.4, -0.2) is 15.8 Å². The summed E-state index contributed by atoms with van der Waals surface area (Å²) in [7, 11) is 0. The van der Waals surface area contributed by atoms with E-state index in [2.05, 4.69) is 5.32 Å². The zero-order valence-corrected chi connectivity index (χ0v) is 16.2. The molecule has 1 amide bonds. The number of amides is 1. The van der Waals surface area contributed by atoms with Crippen LogP contribution in [0, 0.1) is 31.6 Å². The number of hydrogen-bond acceptors (Lipinski definition) is 7. The number of nitrogens with one attached hydrogen (secondary N) is 1. The fourth-order valence-electron chi connectivity index (χ4n) is 2.61. The van der Waals surface area contributed by atoms with Crippen LogP contribution < -0.4 is 5.32 Å². The first-order valence-electron chi connectivity index (χ1n) is 8.51. The number of carbonyl (C=O) groups excluding carboxylic acids is 1. The van der Waals surface area contributed by atoms with Gasteiger partial charge >= 0.3 is 0 Å². The molecule has 3 aromatic rings. The third kappa shape index (κ3) is 4.75. The summed E-state index contributed by atoms with van der Waals surface area (Å²) in [6, 6.07) is 14.1. The molecule has 0 spiro atoms. The Balaban J connectivity index is 1.85. The van der Waals surface area contributed by atoms with E-state index in [1.54, 1.807) is 6.07 Å². The highest BCUT2D eigenvalue weighted by Gasteiger charge is 2.18. The van der Waals surface area contributed by atoms with Gasteiger partial charge in [-0.05, 0) is 24.3 Å². The highest BCUT2D eigenvalue weighted by molar-refractivity contribution is 6.33. The fourth-order valence-corrected chi connectivity index (χ4v) is 2.88. The van der Waals surface area contributed by atoms with Crippen LogP contribution in [0.25, 0.3) is 17.4 Å². The number of anilines is 1. The maximum atomic E-state index is 12.4. The standard InChI is InChI=1S/C20H11ClN4O6/c21-16-10-13(24(27)28)5-7-15(16)19-8-6-14(31-19)9-12(11-22)20(26)23-17-3-1-2-4-18(17)25(29)30/h1-10H,(H,23,26)/b12-9+. The lowest BCUT2D eigenvalue weighted by molar-refractivity contribution is -0.384. The van der Waals surface area contributed by atoms with Gasteiger partial charge in [0.1, 0.15) is 28.9 Å². The van der Waals surface area contributed by atoms with E-state index in [-0.39, 0.29) is 39.2 Å². The highest BCUT2D eigenvalue weighted by Crippen LogP contribution is 2.32. The Kier molecular flexibility index (Phi) is 6.09. The summed E-state index contributed by atoms with van der Waals surface area (Å²) in [5, 5.41) is 33.6. The first-order valence-corrected chi connectivity index (χ1v) is 8.88. The normalized spacial score (nSPS) is 10.9. The smallest absolute Gasteiger partial charge is 0.292 e. The van der Waals surface area contributed by atoms with Crippen molar-refractivity contribution in [2.75, 3.05) is 5.32 Å². The Bertz CT molecular complexity index is 1270. The first-order chi connectivity index (χ1) is 14.8. The lowest BCUT2D eigenvalue weighted by atomic mass is 10.1. The van der Waals surface area contributed by atoms with Gasteiger partial charge in [0.25, 0.3) is 17.3 Å². The van der Waals surface area contributed by atoms with E-state index in [9.17, 15) is 30.3 Å². The van der Waals surface area contributed by atoms with Crippen molar-refractivity contribution in [1.29, 1.82) is 5.26 Å². The van der Waals surface area contributed by atoms with Crippen LogP contribution in [0.3, 0.4) is 0 Å². The molecule has 10 nitrogen and oxygen atoms in total. The van der Waals surface area contributed by atoms with Crippen LogP contribution in [-0.2, 0) is 4.79 Å². The van der Waals surface area contributed by atoms with Crippen LogP contribution in [0.4, 0.5) is 17.1 Å². The number of nitro benzene ring substituents is 2. The van der Waals surface area contributed by atoms with Gasteiger partial charge in [0.15, 0.2) is 0 Å². The molecule has 11 heteroatoms. The molecule has 1 N–H and O–H groups in total. The summed E-state index contributed by atoms with van der Waals surface area (Å²) in [6.45, 7) is 0. The van der Waals surface area contributed by atoms with Crippen LogP contribution in [0.15, 0.2) is 64.6 Å². The largest absolute Gasteiger partial charge is 0.457 e. The summed E-state index contributed by atoms with van der Waals surface area (Å²) < 4.78 is 5.58. The van der Waals surface area contributed by atoms with Crippen molar-refractivity contribution in [2.45, 2.75) is 0 Å². The maximum absolute atomic E-state index is 12.4. The molecule has 0 unspecified atom stereocenters. The second-order valence-electron chi connectivity index (χ2n) is 6.02. The SMILES string of the molecule is N#C/C(=C\c1ccc(-c2ccc([N+](=O)[O-])cc2Cl)o1)C(=O)Nc1ccccc1[N+](=O)[O-]. The Morgan fingerprint density at radius 3 is 2.48 bits per heavy atom. The first kappa shape index (κ1) is 21.2. The molecule has 0 saturated carbocycles. The van der Waals surface area contributed by atoms with E-state index in [1.165, 1.54) is 54.6 Å². The van der Waals surface area contributed by atoms with Gasteiger partial charge in [-0.1, -0.05) is 23.7 Å². The monoisotopic (exact) mass is 438 g/mol. The Morgan fingerprint density at radius 1 is 1.10 bits per heavy atom. The second kappa shape index (κ2) is 8.89. The van der Waals surface area contributed by atoms with Gasteiger partial charge < -0.3 is 9.73 Å². The molecular weight excluding hydrogens is 428 g/mol. The van der Waals surface area contributed by atoms with Crippen molar-refractivity contribution in [3.63, 3.8) is 0 Å². The third-order valence-electron chi connectivity index (χ3n) is 4.06. The summed E-state index contributed by atoms with van der Waals surface area (Å²) >= 11 is 6.08. The fraction of sp³-hybridized carbons (Fsp3) is 0. The number of para-hydroxylation sites is 2. The molecule has 0 radical (unpaired) electrons. The molecule has 1 aromatic heterocycles. The predicted molar refractivity (Wildman–Crippen MR) is 111 cm³/mol. The molecule has 154 valence electrons. The summed E-state index contributed by atoms with van der Waals surface area (Å²) in [6.07, 6.45) is 1.16. The minimum atomic E-state index is -0.858. The molecule has 31 heavy (non-hydrogen) atoms.